The van der Waals surface area contributed by atoms with Gasteiger partial charge in [-0.05, 0) is 25.3 Å². The number of rotatable bonds is 6. The number of aromatic nitrogens is 1. The summed E-state index contributed by atoms with van der Waals surface area (Å²) in [5, 5.41) is 4.31. The SMILES string of the molecule is CN(Cc1nc(C(F)(F)F)cs1)C(=O)CNCC1CC1.Cl. The van der Waals surface area contributed by atoms with Crippen molar-refractivity contribution in [2.24, 2.45) is 5.92 Å². The molecule has 4 nitrogen and oxygen atoms in total. The summed E-state index contributed by atoms with van der Waals surface area (Å²) in [4.78, 5) is 16.7. The van der Waals surface area contributed by atoms with Crippen LogP contribution in [-0.4, -0.2) is 35.9 Å². The molecule has 1 amide bonds. The molecule has 1 saturated carbocycles. The lowest BCUT2D eigenvalue weighted by Crippen LogP contribution is -2.35. The Hall–Kier alpha value is -0.860. The van der Waals surface area contributed by atoms with Gasteiger partial charge in [0.1, 0.15) is 5.01 Å². The van der Waals surface area contributed by atoms with Gasteiger partial charge < -0.3 is 10.2 Å². The molecule has 1 heterocycles. The second kappa shape index (κ2) is 7.42. The lowest BCUT2D eigenvalue weighted by Gasteiger charge is -2.16. The highest BCUT2D eigenvalue weighted by Gasteiger charge is 2.33. The minimum atomic E-state index is -4.43. The number of carbonyl (C=O) groups excluding carboxylic acids is 1. The van der Waals surface area contributed by atoms with Crippen LogP contribution in [0.3, 0.4) is 0 Å². The Bertz CT molecular complexity index is 477. The van der Waals surface area contributed by atoms with E-state index in [2.05, 4.69) is 10.3 Å². The van der Waals surface area contributed by atoms with Crippen molar-refractivity contribution in [1.82, 2.24) is 15.2 Å². The zero-order valence-corrected chi connectivity index (χ0v) is 13.1. The van der Waals surface area contributed by atoms with Crippen molar-refractivity contribution < 1.29 is 18.0 Å². The van der Waals surface area contributed by atoms with Gasteiger partial charge in [-0.2, -0.15) is 13.2 Å². The van der Waals surface area contributed by atoms with E-state index < -0.39 is 11.9 Å². The van der Waals surface area contributed by atoms with Gasteiger partial charge in [0.2, 0.25) is 5.91 Å². The molecule has 0 spiro atoms. The fraction of sp³-hybridized carbons (Fsp3) is 0.667. The molecule has 1 aromatic heterocycles. The standard InChI is InChI=1S/C12H16F3N3OS.ClH/c1-18(11(19)5-16-4-8-2-3-8)6-10-17-9(7-20-10)12(13,14)15;/h7-8,16H,2-6H2,1H3;1H. The van der Waals surface area contributed by atoms with Crippen LogP contribution < -0.4 is 5.32 Å². The number of hydrogen-bond acceptors (Lipinski definition) is 4. The molecule has 0 radical (unpaired) electrons. The molecule has 0 aliphatic heterocycles. The average Bonchev–Trinajstić information content (AvgIpc) is 3.04. The lowest BCUT2D eigenvalue weighted by atomic mass is 10.4. The highest BCUT2D eigenvalue weighted by molar-refractivity contribution is 7.09. The molecule has 1 aliphatic rings. The van der Waals surface area contributed by atoms with Gasteiger partial charge in [0.25, 0.3) is 0 Å². The zero-order chi connectivity index (χ0) is 14.8. The number of halogens is 4. The summed E-state index contributed by atoms with van der Waals surface area (Å²) < 4.78 is 37.2. The maximum Gasteiger partial charge on any atom is 0.434 e. The highest BCUT2D eigenvalue weighted by atomic mass is 35.5. The van der Waals surface area contributed by atoms with E-state index in [9.17, 15) is 18.0 Å². The van der Waals surface area contributed by atoms with E-state index in [1.807, 2.05) is 0 Å². The predicted molar refractivity (Wildman–Crippen MR) is 76.4 cm³/mol. The first kappa shape index (κ1) is 18.2. The van der Waals surface area contributed by atoms with Crippen molar-refractivity contribution >= 4 is 29.7 Å². The van der Waals surface area contributed by atoms with Crippen LogP contribution in [-0.2, 0) is 17.5 Å². The van der Waals surface area contributed by atoms with Crippen LogP contribution in [0.1, 0.15) is 23.5 Å². The first-order chi connectivity index (χ1) is 9.36. The van der Waals surface area contributed by atoms with E-state index in [0.29, 0.717) is 5.92 Å². The van der Waals surface area contributed by atoms with Gasteiger partial charge in [0.15, 0.2) is 5.69 Å². The van der Waals surface area contributed by atoms with Crippen LogP contribution in [0.2, 0.25) is 0 Å². The van der Waals surface area contributed by atoms with Gasteiger partial charge >= 0.3 is 6.18 Å². The lowest BCUT2D eigenvalue weighted by molar-refractivity contribution is -0.140. The van der Waals surface area contributed by atoms with E-state index >= 15 is 0 Å². The van der Waals surface area contributed by atoms with Crippen molar-refractivity contribution in [3.8, 4) is 0 Å². The third-order valence-electron chi connectivity index (χ3n) is 3.05. The fourth-order valence-corrected chi connectivity index (χ4v) is 2.50. The zero-order valence-electron chi connectivity index (χ0n) is 11.4. The van der Waals surface area contributed by atoms with Crippen LogP contribution in [0.15, 0.2) is 5.38 Å². The Morgan fingerprint density at radius 1 is 1.52 bits per heavy atom. The molecule has 1 aromatic rings. The Labute approximate surface area is 131 Å². The largest absolute Gasteiger partial charge is 0.434 e. The van der Waals surface area contributed by atoms with E-state index in [0.717, 1.165) is 23.3 Å². The van der Waals surface area contributed by atoms with Crippen molar-refractivity contribution in [1.29, 1.82) is 0 Å². The Morgan fingerprint density at radius 2 is 2.19 bits per heavy atom. The normalized spacial score (nSPS) is 14.7. The number of alkyl halides is 3. The van der Waals surface area contributed by atoms with Gasteiger partial charge in [-0.3, -0.25) is 4.79 Å². The molecule has 0 saturated heterocycles. The monoisotopic (exact) mass is 343 g/mol. The highest BCUT2D eigenvalue weighted by Crippen LogP contribution is 2.30. The molecule has 0 aromatic carbocycles. The van der Waals surface area contributed by atoms with Crippen molar-refractivity contribution in [2.45, 2.75) is 25.6 Å². The third-order valence-corrected chi connectivity index (χ3v) is 3.88. The van der Waals surface area contributed by atoms with Gasteiger partial charge in [-0.1, -0.05) is 0 Å². The number of likely N-dealkylation sites (N-methyl/N-ethyl adjacent to an activating group) is 1. The van der Waals surface area contributed by atoms with Crippen LogP contribution in [0, 0.1) is 5.92 Å². The number of carbonyl (C=O) groups is 1. The van der Waals surface area contributed by atoms with Crippen molar-refractivity contribution in [3.05, 3.63) is 16.1 Å². The predicted octanol–water partition coefficient (Wildman–Crippen LogP) is 2.54. The van der Waals surface area contributed by atoms with E-state index in [1.54, 1.807) is 7.05 Å². The van der Waals surface area contributed by atoms with Crippen LogP contribution in [0.4, 0.5) is 13.2 Å². The number of thiazole rings is 1. The summed E-state index contributed by atoms with van der Waals surface area (Å²) in [7, 11) is 1.57. The number of nitrogens with one attached hydrogen (secondary N) is 1. The Balaban J connectivity index is 0.00000220. The summed E-state index contributed by atoms with van der Waals surface area (Å²) in [5.41, 5.74) is -0.898. The maximum absolute atomic E-state index is 12.4. The van der Waals surface area contributed by atoms with Gasteiger partial charge in [0, 0.05) is 12.4 Å². The topological polar surface area (TPSA) is 45.2 Å². The second-order valence-electron chi connectivity index (χ2n) is 4.95. The summed E-state index contributed by atoms with van der Waals surface area (Å²) in [6, 6.07) is 0. The van der Waals surface area contributed by atoms with Gasteiger partial charge in [0.05, 0.1) is 13.1 Å². The van der Waals surface area contributed by atoms with Gasteiger partial charge in [-0.25, -0.2) is 4.98 Å². The van der Waals surface area contributed by atoms with E-state index in [4.69, 9.17) is 0 Å². The summed E-state index contributed by atoms with van der Waals surface area (Å²) in [6.45, 7) is 1.14. The molecule has 21 heavy (non-hydrogen) atoms. The van der Waals surface area contributed by atoms with Gasteiger partial charge in [-0.15, -0.1) is 23.7 Å². The third kappa shape index (κ3) is 5.80. The van der Waals surface area contributed by atoms with Crippen LogP contribution >= 0.6 is 23.7 Å². The Kier molecular flexibility index (Phi) is 6.42. The molecule has 1 N–H and O–H groups in total. The number of nitrogens with zero attached hydrogens (tertiary/aromatic N) is 2. The van der Waals surface area contributed by atoms with E-state index in [-0.39, 0.29) is 36.4 Å². The maximum atomic E-state index is 12.4. The summed E-state index contributed by atoms with van der Waals surface area (Å²) in [5.74, 6) is 0.538. The van der Waals surface area contributed by atoms with Crippen LogP contribution in [0.5, 0.6) is 0 Å². The number of hydrogen-bond donors (Lipinski definition) is 1. The molecule has 1 fully saturated rings. The molecule has 0 unspecified atom stereocenters. The average molecular weight is 344 g/mol. The fourth-order valence-electron chi connectivity index (χ4n) is 1.64. The Morgan fingerprint density at radius 3 is 2.71 bits per heavy atom. The molecule has 120 valence electrons. The molecule has 1 aliphatic carbocycles. The number of amides is 1. The molecule has 2 rings (SSSR count). The minimum Gasteiger partial charge on any atom is -0.338 e. The second-order valence-corrected chi connectivity index (χ2v) is 5.89. The smallest absolute Gasteiger partial charge is 0.338 e. The van der Waals surface area contributed by atoms with Crippen molar-refractivity contribution in [3.63, 3.8) is 0 Å². The first-order valence-corrected chi connectivity index (χ1v) is 7.20. The molecule has 0 bridgehead atoms. The van der Waals surface area contributed by atoms with E-state index in [1.165, 1.54) is 17.7 Å². The molecular weight excluding hydrogens is 327 g/mol. The quantitative estimate of drug-likeness (QED) is 0.863. The molecular formula is C12H17ClF3N3OS. The van der Waals surface area contributed by atoms with Crippen LogP contribution in [0.25, 0.3) is 0 Å². The minimum absolute atomic E-state index is 0. The first-order valence-electron chi connectivity index (χ1n) is 6.32. The molecule has 0 atom stereocenters. The summed E-state index contributed by atoms with van der Waals surface area (Å²) in [6.07, 6.45) is -2.02. The summed E-state index contributed by atoms with van der Waals surface area (Å²) >= 11 is 0.915. The van der Waals surface area contributed by atoms with Crippen molar-refractivity contribution in [2.75, 3.05) is 20.1 Å². The molecule has 9 heteroatoms.